The van der Waals surface area contributed by atoms with E-state index in [1.165, 1.54) is 0 Å². The van der Waals surface area contributed by atoms with E-state index in [0.29, 0.717) is 0 Å². The second-order valence-corrected chi connectivity index (χ2v) is 4.17. The quantitative estimate of drug-likeness (QED) is 0.795. The van der Waals surface area contributed by atoms with E-state index < -0.39 is 0 Å². The van der Waals surface area contributed by atoms with Gasteiger partial charge in [-0.15, -0.1) is 0 Å². The number of hydrogen-bond donors (Lipinski definition) is 1. The number of hydrogen-bond acceptors (Lipinski definition) is 1. The number of benzene rings is 1. The number of aryl methyl sites for hydroxylation is 1. The maximum absolute atomic E-state index is 11.7. The second kappa shape index (κ2) is 5.21. The fourth-order valence-electron chi connectivity index (χ4n) is 1.18. The summed E-state index contributed by atoms with van der Waals surface area (Å²) in [5.74, 6) is 0.0196. The van der Waals surface area contributed by atoms with Gasteiger partial charge in [-0.25, -0.2) is 0 Å². The van der Waals surface area contributed by atoms with Crippen molar-refractivity contribution in [3.05, 3.63) is 29.3 Å². The Labute approximate surface area is 93.6 Å². The summed E-state index contributed by atoms with van der Waals surface area (Å²) in [5, 5.41) is 2.87. The fraction of sp³-hybridized carbons (Fsp3) is 0.364. The molecule has 0 aromatic heterocycles. The first-order chi connectivity index (χ1) is 6.66. The van der Waals surface area contributed by atoms with Crippen LogP contribution in [0.15, 0.2) is 18.2 Å². The molecule has 0 aliphatic heterocycles. The molecule has 14 heavy (non-hydrogen) atoms. The standard InChI is InChI=1S/C11H14AsNO/c1-3-7-13-11(14)9-6-4-5-8(2)10(9)12/h4-6H,3,7H2,1-2H3,(H,13,14). The van der Waals surface area contributed by atoms with Crippen LogP contribution < -0.4 is 9.67 Å². The average Bonchev–Trinajstić information content (AvgIpc) is 2.18. The van der Waals surface area contributed by atoms with Gasteiger partial charge in [0.05, 0.1) is 0 Å². The van der Waals surface area contributed by atoms with E-state index in [1.807, 2.05) is 32.0 Å². The van der Waals surface area contributed by atoms with Crippen LogP contribution in [0.1, 0.15) is 29.3 Å². The van der Waals surface area contributed by atoms with Crippen molar-refractivity contribution in [1.29, 1.82) is 0 Å². The third-order valence-corrected chi connectivity index (χ3v) is 3.26. The third kappa shape index (κ3) is 2.62. The molecule has 2 nitrogen and oxygen atoms in total. The van der Waals surface area contributed by atoms with Crippen molar-refractivity contribution >= 4 is 27.1 Å². The summed E-state index contributed by atoms with van der Waals surface area (Å²) < 4.78 is 1.01. The molecule has 1 rings (SSSR count). The van der Waals surface area contributed by atoms with Crippen molar-refractivity contribution in [2.75, 3.05) is 6.54 Å². The van der Waals surface area contributed by atoms with Gasteiger partial charge in [-0.3, -0.25) is 0 Å². The molecule has 0 aliphatic rings. The van der Waals surface area contributed by atoms with E-state index in [9.17, 15) is 4.79 Å². The number of carbonyl (C=O) groups excluding carboxylic acids is 1. The van der Waals surface area contributed by atoms with Crippen molar-refractivity contribution in [3.8, 4) is 0 Å². The van der Waals surface area contributed by atoms with Gasteiger partial charge >= 0.3 is 93.4 Å². The van der Waals surface area contributed by atoms with Gasteiger partial charge in [-0.1, -0.05) is 0 Å². The predicted octanol–water partition coefficient (Wildman–Crippen LogP) is 0.929. The van der Waals surface area contributed by atoms with E-state index in [1.54, 1.807) is 0 Å². The third-order valence-electron chi connectivity index (χ3n) is 2.02. The average molecular weight is 251 g/mol. The first-order valence-corrected chi connectivity index (χ1v) is 5.67. The molecule has 0 spiro atoms. The number of rotatable bonds is 3. The van der Waals surface area contributed by atoms with Crippen molar-refractivity contribution in [2.24, 2.45) is 0 Å². The Morgan fingerprint density at radius 3 is 2.86 bits per heavy atom. The monoisotopic (exact) mass is 251 g/mol. The maximum atomic E-state index is 11.7. The zero-order chi connectivity index (χ0) is 10.6. The Kier molecular flexibility index (Phi) is 4.21. The van der Waals surface area contributed by atoms with Gasteiger partial charge in [0, 0.05) is 0 Å². The van der Waals surface area contributed by atoms with Crippen LogP contribution >= 0.6 is 0 Å². The van der Waals surface area contributed by atoms with Gasteiger partial charge in [0.25, 0.3) is 0 Å². The van der Waals surface area contributed by atoms with Crippen LogP contribution in [-0.4, -0.2) is 29.3 Å². The van der Waals surface area contributed by atoms with Crippen molar-refractivity contribution in [2.45, 2.75) is 20.3 Å². The fourth-order valence-corrected chi connectivity index (χ4v) is 1.70. The molecular weight excluding hydrogens is 237 g/mol. The Hall–Kier alpha value is -0.752. The molecule has 0 bridgehead atoms. The van der Waals surface area contributed by atoms with Crippen molar-refractivity contribution < 1.29 is 4.79 Å². The van der Waals surface area contributed by atoms with Crippen molar-refractivity contribution in [3.63, 3.8) is 0 Å². The Morgan fingerprint density at radius 1 is 1.50 bits per heavy atom. The van der Waals surface area contributed by atoms with Gasteiger partial charge in [0.15, 0.2) is 0 Å². The van der Waals surface area contributed by atoms with Gasteiger partial charge in [0.2, 0.25) is 0 Å². The van der Waals surface area contributed by atoms with E-state index in [0.717, 1.165) is 28.4 Å². The molecule has 1 amide bonds. The van der Waals surface area contributed by atoms with Gasteiger partial charge in [0.1, 0.15) is 0 Å². The van der Waals surface area contributed by atoms with Crippen LogP contribution in [0.4, 0.5) is 0 Å². The molecule has 1 N–H and O–H groups in total. The minimum absolute atomic E-state index is 0.0196. The molecule has 2 radical (unpaired) electrons. The van der Waals surface area contributed by atoms with E-state index in [4.69, 9.17) is 0 Å². The number of amides is 1. The summed E-state index contributed by atoms with van der Waals surface area (Å²) in [6.07, 6.45) is 0.964. The molecule has 1 aromatic carbocycles. The normalized spacial score (nSPS) is 9.93. The van der Waals surface area contributed by atoms with Crippen LogP contribution in [-0.2, 0) is 0 Å². The summed E-state index contributed by atoms with van der Waals surface area (Å²) in [5.41, 5.74) is 1.90. The molecule has 0 saturated carbocycles. The van der Waals surface area contributed by atoms with Crippen LogP contribution in [0.5, 0.6) is 0 Å². The zero-order valence-electron chi connectivity index (χ0n) is 8.50. The molecular formula is C11H14AsNO. The molecule has 3 heteroatoms. The molecule has 0 aliphatic carbocycles. The van der Waals surface area contributed by atoms with E-state index in [2.05, 4.69) is 22.2 Å². The minimum atomic E-state index is 0.0196. The van der Waals surface area contributed by atoms with Crippen LogP contribution in [0.3, 0.4) is 0 Å². The Balaban J connectivity index is 2.84. The van der Waals surface area contributed by atoms with E-state index in [-0.39, 0.29) is 5.91 Å². The SMILES string of the molecule is CCCNC(=O)c1cccc(C)c1[As]. The van der Waals surface area contributed by atoms with Crippen LogP contribution in [0.2, 0.25) is 0 Å². The molecule has 0 atom stereocenters. The Morgan fingerprint density at radius 2 is 2.21 bits per heavy atom. The van der Waals surface area contributed by atoms with Crippen molar-refractivity contribution in [1.82, 2.24) is 5.32 Å². The van der Waals surface area contributed by atoms with E-state index >= 15 is 0 Å². The van der Waals surface area contributed by atoms with Gasteiger partial charge in [-0.05, 0) is 0 Å². The summed E-state index contributed by atoms with van der Waals surface area (Å²) in [7, 11) is 0. The van der Waals surface area contributed by atoms with Gasteiger partial charge < -0.3 is 0 Å². The molecule has 74 valence electrons. The summed E-state index contributed by atoms with van der Waals surface area (Å²) >= 11 is 2.46. The summed E-state index contributed by atoms with van der Waals surface area (Å²) in [4.78, 5) is 11.7. The summed E-state index contributed by atoms with van der Waals surface area (Å²) in [6.45, 7) is 4.78. The molecule has 1 aromatic rings. The molecule has 0 unspecified atom stereocenters. The topological polar surface area (TPSA) is 29.1 Å². The molecule has 0 saturated heterocycles. The molecule has 0 fully saturated rings. The van der Waals surface area contributed by atoms with Crippen LogP contribution in [0.25, 0.3) is 0 Å². The number of nitrogens with one attached hydrogen (secondary N) is 1. The summed E-state index contributed by atoms with van der Waals surface area (Å²) in [6, 6.07) is 5.77. The van der Waals surface area contributed by atoms with Gasteiger partial charge in [-0.2, -0.15) is 0 Å². The second-order valence-electron chi connectivity index (χ2n) is 3.23. The number of carbonyl (C=O) groups is 1. The van der Waals surface area contributed by atoms with Crippen LogP contribution in [0, 0.1) is 6.92 Å². The Bertz CT molecular complexity index is 336. The first-order valence-electron chi connectivity index (χ1n) is 4.73. The zero-order valence-corrected chi connectivity index (χ0v) is 10.4. The first kappa shape index (κ1) is 11.3. The molecule has 0 heterocycles. The predicted molar refractivity (Wildman–Crippen MR) is 59.2 cm³/mol.